The van der Waals surface area contributed by atoms with Crippen molar-refractivity contribution in [3.63, 3.8) is 0 Å². The third kappa shape index (κ3) is 4.27. The first-order chi connectivity index (χ1) is 9.15. The van der Waals surface area contributed by atoms with Crippen molar-refractivity contribution in [3.05, 3.63) is 5.82 Å². The summed E-state index contributed by atoms with van der Waals surface area (Å²) >= 11 is 0. The number of nitrogens with one attached hydrogen (secondary N) is 2. The molecule has 0 unspecified atom stereocenters. The van der Waals surface area contributed by atoms with Gasteiger partial charge in [0.05, 0.1) is 0 Å². The van der Waals surface area contributed by atoms with E-state index in [0.29, 0.717) is 30.7 Å². The molecule has 7 nitrogen and oxygen atoms in total. The van der Waals surface area contributed by atoms with E-state index >= 15 is 0 Å². The van der Waals surface area contributed by atoms with E-state index in [2.05, 4.69) is 44.7 Å². The van der Waals surface area contributed by atoms with Crippen LogP contribution in [0.25, 0.3) is 0 Å². The van der Waals surface area contributed by atoms with E-state index in [1.807, 2.05) is 0 Å². The van der Waals surface area contributed by atoms with Crippen LogP contribution in [0.1, 0.15) is 38.9 Å². The lowest BCUT2D eigenvalue weighted by Crippen LogP contribution is -2.46. The van der Waals surface area contributed by atoms with Gasteiger partial charge in [-0.25, -0.2) is 0 Å². The lowest BCUT2D eigenvalue weighted by molar-refractivity contribution is -0.122. The number of rotatable bonds is 5. The molecule has 1 amide bonds. The number of piperidine rings is 1. The van der Waals surface area contributed by atoms with E-state index in [4.69, 9.17) is 0 Å². The molecule has 1 saturated heterocycles. The van der Waals surface area contributed by atoms with Crippen molar-refractivity contribution in [2.45, 2.75) is 51.6 Å². The van der Waals surface area contributed by atoms with E-state index in [0.717, 1.165) is 25.9 Å². The lowest BCUT2D eigenvalue weighted by atomic mass is 10.0. The highest BCUT2D eigenvalue weighted by Crippen LogP contribution is 2.13. The molecule has 0 atom stereocenters. The molecule has 0 aromatic carbocycles. The maximum absolute atomic E-state index is 11.8. The number of hydrogen-bond acceptors (Lipinski definition) is 5. The van der Waals surface area contributed by atoms with Crippen LogP contribution in [0, 0.1) is 0 Å². The van der Waals surface area contributed by atoms with Crippen LogP contribution in [-0.4, -0.2) is 56.6 Å². The topological polar surface area (TPSA) is 86.8 Å². The summed E-state index contributed by atoms with van der Waals surface area (Å²) in [5.74, 6) is 0.664. The van der Waals surface area contributed by atoms with E-state index in [1.54, 1.807) is 0 Å². The van der Waals surface area contributed by atoms with Crippen LogP contribution in [-0.2, 0) is 11.2 Å². The van der Waals surface area contributed by atoms with E-state index < -0.39 is 0 Å². The molecule has 1 aromatic rings. The molecule has 1 aromatic heterocycles. The van der Waals surface area contributed by atoms with Crippen molar-refractivity contribution in [2.24, 2.45) is 0 Å². The number of tetrazole rings is 1. The SMILES string of the molecule is CC(C)N1CCC(NC(=O)CCc2nn[nH]n2)CC1. The van der Waals surface area contributed by atoms with Crippen LogP contribution < -0.4 is 5.32 Å². The number of carbonyl (C=O) groups is 1. The average molecular weight is 266 g/mol. The van der Waals surface area contributed by atoms with Crippen molar-refractivity contribution in [3.8, 4) is 0 Å². The minimum Gasteiger partial charge on any atom is -0.353 e. The monoisotopic (exact) mass is 266 g/mol. The Bertz CT molecular complexity index is 383. The number of amides is 1. The van der Waals surface area contributed by atoms with Crippen molar-refractivity contribution in [1.29, 1.82) is 0 Å². The zero-order valence-corrected chi connectivity index (χ0v) is 11.6. The summed E-state index contributed by atoms with van der Waals surface area (Å²) < 4.78 is 0. The molecule has 0 aliphatic carbocycles. The molecule has 0 spiro atoms. The van der Waals surface area contributed by atoms with Gasteiger partial charge in [0.1, 0.15) is 0 Å². The standard InChI is InChI=1S/C12H22N6O/c1-9(2)18-7-5-10(6-8-18)13-12(19)4-3-11-14-16-17-15-11/h9-10H,3-8H2,1-2H3,(H,13,19)(H,14,15,16,17). The average Bonchev–Trinajstić information content (AvgIpc) is 2.90. The Morgan fingerprint density at radius 1 is 1.47 bits per heavy atom. The Balaban J connectivity index is 1.66. The molecule has 0 bridgehead atoms. The fourth-order valence-electron chi connectivity index (χ4n) is 2.37. The third-order valence-electron chi connectivity index (χ3n) is 3.59. The Labute approximate surface area is 113 Å². The van der Waals surface area contributed by atoms with Gasteiger partial charge in [-0.2, -0.15) is 5.21 Å². The Kier molecular flexibility index (Phi) is 4.84. The second-order valence-corrected chi connectivity index (χ2v) is 5.30. The molecule has 1 aliphatic rings. The Morgan fingerprint density at radius 3 is 2.79 bits per heavy atom. The van der Waals surface area contributed by atoms with Gasteiger partial charge in [0.2, 0.25) is 5.91 Å². The van der Waals surface area contributed by atoms with Crippen LogP contribution in [0.15, 0.2) is 0 Å². The summed E-state index contributed by atoms with van der Waals surface area (Å²) in [6, 6.07) is 0.905. The summed E-state index contributed by atoms with van der Waals surface area (Å²) in [6.45, 7) is 6.55. The van der Waals surface area contributed by atoms with Crippen molar-refractivity contribution < 1.29 is 4.79 Å². The van der Waals surface area contributed by atoms with Gasteiger partial charge in [-0.05, 0) is 26.7 Å². The van der Waals surface area contributed by atoms with Crippen LogP contribution in [0.4, 0.5) is 0 Å². The van der Waals surface area contributed by atoms with E-state index in [-0.39, 0.29) is 5.91 Å². The van der Waals surface area contributed by atoms with Crippen molar-refractivity contribution in [2.75, 3.05) is 13.1 Å². The van der Waals surface area contributed by atoms with Gasteiger partial charge in [-0.3, -0.25) is 4.79 Å². The van der Waals surface area contributed by atoms with Gasteiger partial charge >= 0.3 is 0 Å². The molecule has 7 heteroatoms. The van der Waals surface area contributed by atoms with E-state index in [1.165, 1.54) is 0 Å². The van der Waals surface area contributed by atoms with Gasteiger partial charge in [0, 0.05) is 38.0 Å². The first-order valence-electron chi connectivity index (χ1n) is 6.91. The summed E-state index contributed by atoms with van der Waals surface area (Å²) in [4.78, 5) is 14.3. The number of nitrogens with zero attached hydrogens (tertiary/aromatic N) is 4. The maximum atomic E-state index is 11.8. The van der Waals surface area contributed by atoms with Gasteiger partial charge < -0.3 is 10.2 Å². The highest BCUT2D eigenvalue weighted by molar-refractivity contribution is 5.76. The van der Waals surface area contributed by atoms with Crippen LogP contribution in [0.5, 0.6) is 0 Å². The second-order valence-electron chi connectivity index (χ2n) is 5.30. The van der Waals surface area contributed by atoms with Crippen LogP contribution >= 0.6 is 0 Å². The molecule has 0 radical (unpaired) electrons. The van der Waals surface area contributed by atoms with Gasteiger partial charge in [-0.15, -0.1) is 10.2 Å². The molecule has 2 N–H and O–H groups in total. The number of aromatic nitrogens is 4. The van der Waals surface area contributed by atoms with E-state index in [9.17, 15) is 4.79 Å². The largest absolute Gasteiger partial charge is 0.353 e. The molecule has 1 fully saturated rings. The molecule has 2 rings (SSSR count). The fourth-order valence-corrected chi connectivity index (χ4v) is 2.37. The summed E-state index contributed by atoms with van der Waals surface area (Å²) in [6.07, 6.45) is 3.02. The van der Waals surface area contributed by atoms with Gasteiger partial charge in [-0.1, -0.05) is 5.21 Å². The third-order valence-corrected chi connectivity index (χ3v) is 3.59. The second kappa shape index (κ2) is 6.60. The number of carbonyl (C=O) groups excluding carboxylic acids is 1. The highest BCUT2D eigenvalue weighted by Gasteiger charge is 2.21. The number of aryl methyl sites for hydroxylation is 1. The molecular weight excluding hydrogens is 244 g/mol. The quantitative estimate of drug-likeness (QED) is 0.790. The maximum Gasteiger partial charge on any atom is 0.220 e. The fraction of sp³-hybridized carbons (Fsp3) is 0.833. The molecule has 106 valence electrons. The summed E-state index contributed by atoms with van der Waals surface area (Å²) in [7, 11) is 0. The predicted molar refractivity (Wildman–Crippen MR) is 70.4 cm³/mol. The first kappa shape index (κ1) is 13.9. The summed E-state index contributed by atoms with van der Waals surface area (Å²) in [5.41, 5.74) is 0. The highest BCUT2D eigenvalue weighted by atomic mass is 16.1. The number of aromatic amines is 1. The minimum absolute atomic E-state index is 0.0767. The first-order valence-corrected chi connectivity index (χ1v) is 6.91. The number of likely N-dealkylation sites (tertiary alicyclic amines) is 1. The molecule has 19 heavy (non-hydrogen) atoms. The molecule has 1 aliphatic heterocycles. The normalized spacial score (nSPS) is 17.8. The number of H-pyrrole nitrogens is 1. The summed E-state index contributed by atoms with van der Waals surface area (Å²) in [5, 5.41) is 16.6. The van der Waals surface area contributed by atoms with Crippen molar-refractivity contribution in [1.82, 2.24) is 30.8 Å². The molecule has 2 heterocycles. The van der Waals surface area contributed by atoms with Crippen LogP contribution in [0.2, 0.25) is 0 Å². The number of hydrogen-bond donors (Lipinski definition) is 2. The van der Waals surface area contributed by atoms with Gasteiger partial charge in [0.25, 0.3) is 0 Å². The molecular formula is C12H22N6O. The minimum atomic E-state index is 0.0767. The lowest BCUT2D eigenvalue weighted by Gasteiger charge is -2.34. The van der Waals surface area contributed by atoms with Crippen molar-refractivity contribution >= 4 is 5.91 Å². The Hall–Kier alpha value is -1.50. The zero-order chi connectivity index (χ0) is 13.7. The predicted octanol–water partition coefficient (Wildman–Crippen LogP) is 0.121. The molecule has 0 saturated carbocycles. The van der Waals surface area contributed by atoms with Gasteiger partial charge in [0.15, 0.2) is 5.82 Å². The zero-order valence-electron chi connectivity index (χ0n) is 11.6. The smallest absolute Gasteiger partial charge is 0.220 e. The van der Waals surface area contributed by atoms with Crippen LogP contribution in [0.3, 0.4) is 0 Å². The Morgan fingerprint density at radius 2 is 2.21 bits per heavy atom.